The Balaban J connectivity index is 0.000000317. The van der Waals surface area contributed by atoms with Crippen LogP contribution in [0.5, 0.6) is 0 Å². The predicted molar refractivity (Wildman–Crippen MR) is 231 cm³/mol. The molecule has 3 aliphatic heterocycles. The number of H-pyrrole nitrogens is 2. The van der Waals surface area contributed by atoms with E-state index < -0.39 is 95.3 Å². The SMILES string of the molecule is CC(C)[Si]1(C(C)C)OCC2OC(n3ccc(=O)[nH]c3=O)C(OCOCOCCC#N)[C@H]2O[Si](C(C)C)(C(C)C)O1.N#CCCOCOCOC1C(n2ccc(=O)[nH]c2=O)OC(CO)[C@@H]1O. The molecule has 0 aromatic carbocycles. The summed E-state index contributed by atoms with van der Waals surface area (Å²) in [5.41, 5.74) is -1.95. The maximum absolute atomic E-state index is 12.8. The Morgan fingerprint density at radius 2 is 1.20 bits per heavy atom. The van der Waals surface area contributed by atoms with Gasteiger partial charge in [0.25, 0.3) is 11.1 Å². The van der Waals surface area contributed by atoms with Crippen molar-refractivity contribution in [2.24, 2.45) is 0 Å². The molecule has 6 unspecified atom stereocenters. The number of aliphatic hydroxyl groups excluding tert-OH is 2. The Morgan fingerprint density at radius 1 is 0.723 bits per heavy atom. The summed E-state index contributed by atoms with van der Waals surface area (Å²) in [6, 6.07) is 6.30. The van der Waals surface area contributed by atoms with Crippen molar-refractivity contribution in [3.8, 4) is 12.1 Å². The lowest BCUT2D eigenvalue weighted by Gasteiger charge is -2.51. The fourth-order valence-electron chi connectivity index (χ4n) is 7.85. The quantitative estimate of drug-likeness (QED) is 0.0786. The van der Waals surface area contributed by atoms with Gasteiger partial charge in [0, 0.05) is 24.5 Å². The molecule has 3 aliphatic rings. The third-order valence-electron chi connectivity index (χ3n) is 11.1. The Hall–Kier alpha value is -3.75. The molecule has 0 aliphatic carbocycles. The highest BCUT2D eigenvalue weighted by molar-refractivity contribution is 6.84. The second kappa shape index (κ2) is 25.4. The highest BCUT2D eigenvalue weighted by atomic mass is 28.5. The molecule has 364 valence electrons. The van der Waals surface area contributed by atoms with Gasteiger partial charge in [-0.15, -0.1) is 0 Å². The van der Waals surface area contributed by atoms with Crippen molar-refractivity contribution >= 4 is 17.1 Å². The number of nitriles is 2. The molecule has 3 fully saturated rings. The van der Waals surface area contributed by atoms with E-state index in [1.807, 2.05) is 12.1 Å². The average Bonchev–Trinajstić information content (AvgIpc) is 3.74. The van der Waals surface area contributed by atoms with Crippen LogP contribution in [0.25, 0.3) is 0 Å². The smallest absolute Gasteiger partial charge is 0.335 e. The van der Waals surface area contributed by atoms with E-state index in [9.17, 15) is 29.4 Å². The zero-order chi connectivity index (χ0) is 47.9. The van der Waals surface area contributed by atoms with E-state index in [4.69, 9.17) is 61.4 Å². The minimum atomic E-state index is -3.00. The number of fused-ring (bicyclic) bond motifs is 1. The van der Waals surface area contributed by atoms with Gasteiger partial charge in [-0.25, -0.2) is 9.59 Å². The molecule has 2 aromatic rings. The van der Waals surface area contributed by atoms with E-state index in [0.29, 0.717) is 0 Å². The van der Waals surface area contributed by atoms with Gasteiger partial charge in [-0.3, -0.25) is 28.7 Å². The van der Waals surface area contributed by atoms with Crippen LogP contribution < -0.4 is 22.5 Å². The lowest BCUT2D eigenvalue weighted by atomic mass is 10.1. The Bertz CT molecular complexity index is 2090. The Labute approximate surface area is 378 Å². The lowest BCUT2D eigenvalue weighted by molar-refractivity contribution is -0.175. The van der Waals surface area contributed by atoms with Crippen LogP contribution in [0.2, 0.25) is 22.2 Å². The number of nitrogens with zero attached hydrogens (tertiary/aromatic N) is 4. The first-order valence-corrected chi connectivity index (χ1v) is 25.4. The summed E-state index contributed by atoms with van der Waals surface area (Å²) in [6.45, 7) is 16.7. The summed E-state index contributed by atoms with van der Waals surface area (Å²) >= 11 is 0. The molecule has 4 N–H and O–H groups in total. The van der Waals surface area contributed by atoms with Crippen LogP contribution in [-0.2, 0) is 50.9 Å². The van der Waals surface area contributed by atoms with Crippen molar-refractivity contribution < 1.29 is 61.1 Å². The summed E-state index contributed by atoms with van der Waals surface area (Å²) in [6.07, 6.45) is -4.04. The van der Waals surface area contributed by atoms with Crippen molar-refractivity contribution in [2.75, 3.05) is 53.6 Å². The second-order valence-electron chi connectivity index (χ2n) is 16.7. The first-order chi connectivity index (χ1) is 31.0. The fraction of sp³-hybridized carbons (Fsp3) is 0.750. The standard InChI is InChI=1S/C26H45N3O9Si2.C14H19N3O8/c1-17(2)39(18(3)4)35-14-21-23(37-40(38-39,19(5)6)20(7)8)24(34-16-33-15-32-13-9-11-27)25(36-21)29-12-10-22(30)28-26(29)31;15-3-1-5-22-7-23-8-24-12-11(20)9(6-18)25-13(12)17-4-2-10(19)16-14(17)21/h10,12,17-21,23-25H,9,13-16H2,1-8H3,(H,28,30,31);2,4,9,11-13,18,20H,1,5-8H2,(H,16,19,21)/t21?,23-,24?,25?;9?,11-,12?,13?/m00/s1. The Morgan fingerprint density at radius 3 is 1.65 bits per heavy atom. The van der Waals surface area contributed by atoms with Crippen LogP contribution in [0.15, 0.2) is 43.7 Å². The maximum Gasteiger partial charge on any atom is 0.335 e. The summed E-state index contributed by atoms with van der Waals surface area (Å²) in [5, 5.41) is 36.5. The number of hydrogen-bond acceptors (Lipinski definition) is 19. The monoisotopic (exact) mass is 956 g/mol. The molecule has 5 heterocycles. The third kappa shape index (κ3) is 13.5. The minimum Gasteiger partial charge on any atom is -0.414 e. The summed E-state index contributed by atoms with van der Waals surface area (Å²) < 4.78 is 67.9. The number of aromatic nitrogens is 4. The van der Waals surface area contributed by atoms with Gasteiger partial charge in [-0.1, -0.05) is 55.4 Å². The Kier molecular flexibility index (Phi) is 21.1. The third-order valence-corrected chi connectivity index (χ3v) is 21.3. The molecule has 0 radical (unpaired) electrons. The highest BCUT2D eigenvalue weighted by Gasteiger charge is 2.62. The van der Waals surface area contributed by atoms with E-state index >= 15 is 0 Å². The molecule has 0 spiro atoms. The topological polar surface area (TPSA) is 299 Å². The minimum absolute atomic E-state index is 0.0622. The summed E-state index contributed by atoms with van der Waals surface area (Å²) in [5.74, 6) is 0. The van der Waals surface area contributed by atoms with Crippen LogP contribution in [0, 0.1) is 22.7 Å². The van der Waals surface area contributed by atoms with Crippen LogP contribution in [0.3, 0.4) is 0 Å². The lowest BCUT2D eigenvalue weighted by Crippen LogP contribution is -2.66. The number of aromatic amines is 2. The van der Waals surface area contributed by atoms with Gasteiger partial charge in [-0.05, 0) is 22.2 Å². The highest BCUT2D eigenvalue weighted by Crippen LogP contribution is 2.48. The molecule has 0 amide bonds. The maximum atomic E-state index is 12.8. The van der Waals surface area contributed by atoms with Gasteiger partial charge >= 0.3 is 28.5 Å². The molecule has 0 bridgehead atoms. The largest absolute Gasteiger partial charge is 0.414 e. The van der Waals surface area contributed by atoms with Crippen molar-refractivity contribution in [3.05, 3.63) is 66.2 Å². The molecule has 25 heteroatoms. The first kappa shape index (κ1) is 53.9. The zero-order valence-electron chi connectivity index (χ0n) is 38.1. The van der Waals surface area contributed by atoms with Gasteiger partial charge in [0.05, 0.1) is 51.4 Å². The van der Waals surface area contributed by atoms with Crippen molar-refractivity contribution in [3.63, 3.8) is 0 Å². The molecule has 0 saturated carbocycles. The van der Waals surface area contributed by atoms with E-state index in [1.165, 1.54) is 23.0 Å². The van der Waals surface area contributed by atoms with E-state index in [2.05, 4.69) is 65.4 Å². The van der Waals surface area contributed by atoms with Crippen LogP contribution in [-0.4, -0.2) is 137 Å². The van der Waals surface area contributed by atoms with Crippen LogP contribution >= 0.6 is 0 Å². The molecule has 5 rings (SSSR count). The number of rotatable bonds is 21. The van der Waals surface area contributed by atoms with Crippen molar-refractivity contribution in [2.45, 2.75) is 139 Å². The predicted octanol–water partition coefficient (Wildman–Crippen LogP) is 1.67. The van der Waals surface area contributed by atoms with E-state index in [-0.39, 0.29) is 82.0 Å². The van der Waals surface area contributed by atoms with Crippen LogP contribution in [0.4, 0.5) is 0 Å². The fourth-order valence-corrected chi connectivity index (χ4v) is 19.1. The molecule has 2 aromatic heterocycles. The van der Waals surface area contributed by atoms with Gasteiger partial charge in [0.2, 0.25) is 0 Å². The molecule has 65 heavy (non-hydrogen) atoms. The van der Waals surface area contributed by atoms with Crippen molar-refractivity contribution in [1.29, 1.82) is 10.5 Å². The van der Waals surface area contributed by atoms with Crippen LogP contribution in [0.1, 0.15) is 80.7 Å². The second-order valence-corrected chi connectivity index (χ2v) is 25.5. The first-order valence-electron chi connectivity index (χ1n) is 21.5. The molecule has 23 nitrogen and oxygen atoms in total. The van der Waals surface area contributed by atoms with Gasteiger partial charge in [0.15, 0.2) is 12.5 Å². The zero-order valence-corrected chi connectivity index (χ0v) is 40.1. The van der Waals surface area contributed by atoms with Gasteiger partial charge in [0.1, 0.15) is 63.8 Å². The molecular formula is C40H64N6O17Si2. The molecule has 3 saturated heterocycles. The van der Waals surface area contributed by atoms with E-state index in [1.54, 1.807) is 0 Å². The molecular weight excluding hydrogens is 893 g/mol. The van der Waals surface area contributed by atoms with Gasteiger partial charge < -0.3 is 61.1 Å². The number of hydrogen-bond donors (Lipinski definition) is 4. The number of nitrogens with one attached hydrogen (secondary N) is 2. The summed E-state index contributed by atoms with van der Waals surface area (Å²) in [7, 11) is -5.79. The average molecular weight is 957 g/mol. The van der Waals surface area contributed by atoms with E-state index in [0.717, 1.165) is 10.6 Å². The van der Waals surface area contributed by atoms with Crippen molar-refractivity contribution in [1.82, 2.24) is 19.1 Å². The number of ether oxygens (including phenoxy) is 8. The number of aliphatic hydroxyl groups is 2. The summed E-state index contributed by atoms with van der Waals surface area (Å²) in [4.78, 5) is 52.0. The normalized spacial score (nSPS) is 26.0. The molecule has 8 atom stereocenters. The van der Waals surface area contributed by atoms with Gasteiger partial charge in [-0.2, -0.15) is 10.5 Å².